The first-order valence-corrected chi connectivity index (χ1v) is 9.84. The van der Waals surface area contributed by atoms with E-state index in [0.717, 1.165) is 34.2 Å². The molecule has 28 heavy (non-hydrogen) atoms. The zero-order chi connectivity index (χ0) is 19.7. The smallest absolute Gasteiger partial charge is 0.241 e. The summed E-state index contributed by atoms with van der Waals surface area (Å²) in [4.78, 5) is 26.4. The molecule has 1 aliphatic rings. The number of hydrogen-bond acceptors (Lipinski definition) is 6. The zero-order valence-corrected chi connectivity index (χ0v) is 16.0. The van der Waals surface area contributed by atoms with Gasteiger partial charge in [0.2, 0.25) is 5.91 Å². The maximum Gasteiger partial charge on any atom is 0.241 e. The lowest BCUT2D eigenvalue weighted by molar-refractivity contribution is -0.120. The predicted molar refractivity (Wildman–Crippen MR) is 106 cm³/mol. The minimum Gasteiger partial charge on any atom is -0.353 e. The highest BCUT2D eigenvalue weighted by Crippen LogP contribution is 2.27. The molecule has 2 aromatic heterocycles. The molecule has 1 atom stereocenters. The van der Waals surface area contributed by atoms with Crippen molar-refractivity contribution in [3.05, 3.63) is 47.6 Å². The second-order valence-corrected chi connectivity index (χ2v) is 7.54. The molecule has 1 amide bonds. The lowest BCUT2D eigenvalue weighted by atomic mass is 10.2. The molecule has 1 saturated heterocycles. The number of nitrogens with zero attached hydrogens (tertiary/aromatic N) is 4. The highest BCUT2D eigenvalue weighted by molar-refractivity contribution is 7.16. The standard InChI is InChI=1S/C19H19F2N5OS/c1-12(18(27)24-16-10-13(20)2-3-15(16)21)25-5-7-26(8-6-25)17-14-4-9-28-19(14)23-11-22-17/h2-4,9-12H,5-8H2,1H3,(H,24,27). The summed E-state index contributed by atoms with van der Waals surface area (Å²) in [6, 6.07) is 4.56. The molecule has 1 unspecified atom stereocenters. The Morgan fingerprint density at radius 1 is 1.18 bits per heavy atom. The zero-order valence-electron chi connectivity index (χ0n) is 15.2. The largest absolute Gasteiger partial charge is 0.353 e. The molecular weight excluding hydrogens is 384 g/mol. The molecule has 0 spiro atoms. The quantitative estimate of drug-likeness (QED) is 0.725. The predicted octanol–water partition coefficient (Wildman–Crippen LogP) is 3.12. The summed E-state index contributed by atoms with van der Waals surface area (Å²) >= 11 is 1.58. The Morgan fingerprint density at radius 3 is 2.75 bits per heavy atom. The summed E-state index contributed by atoms with van der Waals surface area (Å²) in [7, 11) is 0. The highest BCUT2D eigenvalue weighted by Gasteiger charge is 2.27. The molecule has 0 aliphatic carbocycles. The van der Waals surface area contributed by atoms with E-state index in [0.29, 0.717) is 26.2 Å². The molecule has 3 aromatic rings. The van der Waals surface area contributed by atoms with Crippen molar-refractivity contribution in [3.63, 3.8) is 0 Å². The number of benzene rings is 1. The number of rotatable bonds is 4. The molecule has 0 saturated carbocycles. The van der Waals surface area contributed by atoms with Gasteiger partial charge in [-0.25, -0.2) is 18.7 Å². The van der Waals surface area contributed by atoms with Crippen LogP contribution in [0.4, 0.5) is 20.3 Å². The van der Waals surface area contributed by atoms with Crippen LogP contribution >= 0.6 is 11.3 Å². The van der Waals surface area contributed by atoms with E-state index in [1.54, 1.807) is 24.6 Å². The number of carbonyl (C=O) groups excluding carboxylic acids is 1. The Balaban J connectivity index is 1.39. The van der Waals surface area contributed by atoms with Crippen molar-refractivity contribution in [2.75, 3.05) is 36.4 Å². The number of thiophene rings is 1. The highest BCUT2D eigenvalue weighted by atomic mass is 32.1. The second kappa shape index (κ2) is 7.76. The minimum absolute atomic E-state index is 0.142. The normalized spacial score (nSPS) is 16.3. The minimum atomic E-state index is -0.657. The third-order valence-corrected chi connectivity index (χ3v) is 5.79. The first kappa shape index (κ1) is 18.7. The fourth-order valence-electron chi connectivity index (χ4n) is 3.35. The third-order valence-electron chi connectivity index (χ3n) is 4.97. The Morgan fingerprint density at radius 2 is 1.96 bits per heavy atom. The van der Waals surface area contributed by atoms with Gasteiger partial charge in [-0.3, -0.25) is 9.69 Å². The van der Waals surface area contributed by atoms with E-state index in [1.807, 2.05) is 16.3 Å². The third kappa shape index (κ3) is 3.67. The molecule has 1 aliphatic heterocycles. The number of nitrogens with one attached hydrogen (secondary N) is 1. The van der Waals surface area contributed by atoms with Gasteiger partial charge in [-0.05, 0) is 30.5 Å². The number of carbonyl (C=O) groups is 1. The van der Waals surface area contributed by atoms with E-state index in [2.05, 4.69) is 20.2 Å². The number of hydrogen-bond donors (Lipinski definition) is 1. The molecule has 4 rings (SSSR count). The number of piperazine rings is 1. The lowest BCUT2D eigenvalue weighted by Crippen LogP contribution is -2.53. The fourth-order valence-corrected chi connectivity index (χ4v) is 4.07. The van der Waals surface area contributed by atoms with Gasteiger partial charge in [0, 0.05) is 32.2 Å². The van der Waals surface area contributed by atoms with E-state index in [9.17, 15) is 13.6 Å². The van der Waals surface area contributed by atoms with Crippen molar-refractivity contribution >= 4 is 39.0 Å². The molecular formula is C19H19F2N5OS. The van der Waals surface area contributed by atoms with Crippen LogP contribution in [0.1, 0.15) is 6.92 Å². The van der Waals surface area contributed by atoms with E-state index >= 15 is 0 Å². The van der Waals surface area contributed by atoms with Crippen molar-refractivity contribution in [2.24, 2.45) is 0 Å². The maximum atomic E-state index is 13.8. The Kier molecular flexibility index (Phi) is 5.19. The first-order chi connectivity index (χ1) is 13.5. The molecule has 1 aromatic carbocycles. The molecule has 1 N–H and O–H groups in total. The van der Waals surface area contributed by atoms with Crippen LogP contribution in [0.25, 0.3) is 10.2 Å². The summed E-state index contributed by atoms with van der Waals surface area (Å²) in [6.07, 6.45) is 1.57. The van der Waals surface area contributed by atoms with Crippen LogP contribution in [-0.4, -0.2) is 53.0 Å². The van der Waals surface area contributed by atoms with Crippen molar-refractivity contribution in [2.45, 2.75) is 13.0 Å². The SMILES string of the molecule is CC(C(=O)Nc1cc(F)ccc1F)N1CCN(c2ncnc3sccc23)CC1. The summed E-state index contributed by atoms with van der Waals surface area (Å²) in [5.74, 6) is -0.706. The molecule has 6 nitrogen and oxygen atoms in total. The van der Waals surface area contributed by atoms with Crippen LogP contribution in [0, 0.1) is 11.6 Å². The molecule has 1 fully saturated rings. The second-order valence-electron chi connectivity index (χ2n) is 6.65. The van der Waals surface area contributed by atoms with Crippen LogP contribution < -0.4 is 10.2 Å². The van der Waals surface area contributed by atoms with Crippen LogP contribution in [0.3, 0.4) is 0 Å². The molecule has 9 heteroatoms. The van der Waals surface area contributed by atoms with E-state index in [4.69, 9.17) is 0 Å². The van der Waals surface area contributed by atoms with Gasteiger partial charge in [-0.2, -0.15) is 0 Å². The van der Waals surface area contributed by atoms with E-state index < -0.39 is 17.7 Å². The number of fused-ring (bicyclic) bond motifs is 1. The van der Waals surface area contributed by atoms with Gasteiger partial charge in [0.15, 0.2) is 0 Å². The Hall–Kier alpha value is -2.65. The van der Waals surface area contributed by atoms with Gasteiger partial charge >= 0.3 is 0 Å². The molecule has 0 radical (unpaired) electrons. The topological polar surface area (TPSA) is 61.4 Å². The van der Waals surface area contributed by atoms with Crippen molar-refractivity contribution in [1.82, 2.24) is 14.9 Å². The van der Waals surface area contributed by atoms with Gasteiger partial charge in [0.25, 0.3) is 0 Å². The van der Waals surface area contributed by atoms with Crippen LogP contribution in [0.5, 0.6) is 0 Å². The van der Waals surface area contributed by atoms with Crippen molar-refractivity contribution in [1.29, 1.82) is 0 Å². The molecule has 3 heterocycles. The Labute approximate surface area is 164 Å². The Bertz CT molecular complexity index is 1000. The molecule has 0 bridgehead atoms. The fraction of sp³-hybridized carbons (Fsp3) is 0.316. The van der Waals surface area contributed by atoms with Crippen LogP contribution in [0.2, 0.25) is 0 Å². The van der Waals surface area contributed by atoms with Gasteiger partial charge in [-0.15, -0.1) is 11.3 Å². The van der Waals surface area contributed by atoms with Crippen LogP contribution in [-0.2, 0) is 4.79 Å². The van der Waals surface area contributed by atoms with E-state index in [-0.39, 0.29) is 11.6 Å². The van der Waals surface area contributed by atoms with Crippen molar-refractivity contribution < 1.29 is 13.6 Å². The molecule has 146 valence electrons. The number of amides is 1. The van der Waals surface area contributed by atoms with Gasteiger partial charge in [0.1, 0.15) is 28.6 Å². The average Bonchev–Trinajstić information content (AvgIpc) is 3.19. The summed E-state index contributed by atoms with van der Waals surface area (Å²) in [5.41, 5.74) is -0.142. The van der Waals surface area contributed by atoms with Crippen molar-refractivity contribution in [3.8, 4) is 0 Å². The summed E-state index contributed by atoms with van der Waals surface area (Å²) in [5, 5.41) is 5.52. The first-order valence-electron chi connectivity index (χ1n) is 8.96. The number of halogens is 2. The monoisotopic (exact) mass is 403 g/mol. The number of anilines is 2. The van der Waals surface area contributed by atoms with Gasteiger partial charge < -0.3 is 10.2 Å². The average molecular weight is 403 g/mol. The summed E-state index contributed by atoms with van der Waals surface area (Å²) < 4.78 is 27.1. The maximum absolute atomic E-state index is 13.8. The van der Waals surface area contributed by atoms with Gasteiger partial charge in [-0.1, -0.05) is 0 Å². The number of aromatic nitrogens is 2. The summed E-state index contributed by atoms with van der Waals surface area (Å²) in [6.45, 7) is 4.53. The van der Waals surface area contributed by atoms with E-state index in [1.165, 1.54) is 0 Å². The lowest BCUT2D eigenvalue weighted by Gasteiger charge is -2.38. The van der Waals surface area contributed by atoms with Crippen LogP contribution in [0.15, 0.2) is 36.0 Å². The van der Waals surface area contributed by atoms with Gasteiger partial charge in [0.05, 0.1) is 17.1 Å².